The van der Waals surface area contributed by atoms with Crippen molar-refractivity contribution in [2.75, 3.05) is 5.73 Å². The monoisotopic (exact) mass is 317 g/mol. The molecule has 0 amide bonds. The number of hydrogen-bond donors (Lipinski definition) is 4. The quantitative estimate of drug-likeness (QED) is 0.529. The zero-order chi connectivity index (χ0) is 16.7. The molecule has 23 heavy (non-hydrogen) atoms. The van der Waals surface area contributed by atoms with Crippen LogP contribution in [0, 0.1) is 11.3 Å². The van der Waals surface area contributed by atoms with E-state index < -0.39 is 30.6 Å². The van der Waals surface area contributed by atoms with Gasteiger partial charge >= 0.3 is 0 Å². The molecule has 1 saturated heterocycles. The molecule has 1 aliphatic rings. The molecule has 3 heterocycles. The molecule has 2 aromatic heterocycles. The number of anilines is 1. The first-order valence-corrected chi connectivity index (χ1v) is 6.83. The van der Waals surface area contributed by atoms with E-state index in [9.17, 15) is 20.6 Å². The number of rotatable bonds is 3. The molecule has 0 spiro atoms. The lowest BCUT2D eigenvalue weighted by atomic mass is 10.1. The highest BCUT2D eigenvalue weighted by Crippen LogP contribution is 2.35. The highest BCUT2D eigenvalue weighted by molar-refractivity contribution is 5.91. The van der Waals surface area contributed by atoms with E-state index in [0.717, 1.165) is 0 Å². The zero-order valence-corrected chi connectivity index (χ0v) is 11.9. The SMILES string of the molecule is C=CC(O)[C@H]1O[C@@H](n2cc(C#N)c3c(N)ncnc32)[C@H](O)[C@@H]1O. The number of fused-ring (bicyclic) bond motifs is 1. The fourth-order valence-electron chi connectivity index (χ4n) is 2.72. The molecule has 9 nitrogen and oxygen atoms in total. The smallest absolute Gasteiger partial charge is 0.164 e. The predicted octanol–water partition coefficient (Wildman–Crippen LogP) is -0.949. The average Bonchev–Trinajstić information content (AvgIpc) is 3.07. The van der Waals surface area contributed by atoms with Gasteiger partial charge in [0, 0.05) is 6.20 Å². The number of nitrogen functional groups attached to an aromatic ring is 1. The van der Waals surface area contributed by atoms with Crippen molar-refractivity contribution >= 4 is 16.9 Å². The first-order valence-electron chi connectivity index (χ1n) is 6.83. The van der Waals surface area contributed by atoms with Gasteiger partial charge in [-0.15, -0.1) is 6.58 Å². The lowest BCUT2D eigenvalue weighted by Crippen LogP contribution is -2.37. The van der Waals surface area contributed by atoms with Gasteiger partial charge < -0.3 is 30.4 Å². The maximum absolute atomic E-state index is 10.2. The van der Waals surface area contributed by atoms with Crippen LogP contribution in [-0.2, 0) is 4.74 Å². The number of nitrogens with two attached hydrogens (primary N) is 1. The Bertz CT molecular complexity index is 798. The molecule has 0 radical (unpaired) electrons. The van der Waals surface area contributed by atoms with Gasteiger partial charge in [-0.3, -0.25) is 0 Å². The molecule has 0 saturated carbocycles. The van der Waals surface area contributed by atoms with E-state index in [4.69, 9.17) is 10.5 Å². The van der Waals surface area contributed by atoms with Crippen molar-refractivity contribution in [1.29, 1.82) is 5.26 Å². The summed E-state index contributed by atoms with van der Waals surface area (Å²) in [6.45, 7) is 3.43. The molecular weight excluding hydrogens is 302 g/mol. The Morgan fingerprint density at radius 3 is 2.83 bits per heavy atom. The second-order valence-corrected chi connectivity index (χ2v) is 5.22. The Morgan fingerprint density at radius 1 is 1.43 bits per heavy atom. The van der Waals surface area contributed by atoms with Gasteiger partial charge in [-0.05, 0) is 0 Å². The first kappa shape index (κ1) is 15.4. The van der Waals surface area contributed by atoms with Crippen LogP contribution in [0.15, 0.2) is 25.2 Å². The number of aliphatic hydroxyl groups is 3. The molecule has 9 heteroatoms. The van der Waals surface area contributed by atoms with Crippen LogP contribution >= 0.6 is 0 Å². The molecule has 5 atom stereocenters. The predicted molar refractivity (Wildman–Crippen MR) is 78.8 cm³/mol. The van der Waals surface area contributed by atoms with Crippen molar-refractivity contribution in [3.8, 4) is 6.07 Å². The fourth-order valence-corrected chi connectivity index (χ4v) is 2.72. The summed E-state index contributed by atoms with van der Waals surface area (Å²) in [6, 6.07) is 1.98. The van der Waals surface area contributed by atoms with Gasteiger partial charge in [0.2, 0.25) is 0 Å². The summed E-state index contributed by atoms with van der Waals surface area (Å²) in [4.78, 5) is 7.91. The summed E-state index contributed by atoms with van der Waals surface area (Å²) < 4.78 is 6.96. The molecule has 1 aliphatic heterocycles. The fraction of sp³-hybridized carbons (Fsp3) is 0.357. The van der Waals surface area contributed by atoms with Crippen LogP contribution in [0.3, 0.4) is 0 Å². The summed E-state index contributed by atoms with van der Waals surface area (Å²) >= 11 is 0. The Hall–Kier alpha value is -2.51. The number of nitrogens with zero attached hydrogens (tertiary/aromatic N) is 4. The number of aromatic nitrogens is 3. The maximum Gasteiger partial charge on any atom is 0.164 e. The Labute approximate surface area is 130 Å². The van der Waals surface area contributed by atoms with E-state index in [1.807, 2.05) is 6.07 Å². The third-order valence-electron chi connectivity index (χ3n) is 3.89. The van der Waals surface area contributed by atoms with E-state index in [2.05, 4.69) is 16.5 Å². The van der Waals surface area contributed by atoms with Crippen molar-refractivity contribution < 1.29 is 20.1 Å². The van der Waals surface area contributed by atoms with Gasteiger partial charge in [-0.25, -0.2) is 9.97 Å². The number of aliphatic hydroxyl groups excluding tert-OH is 3. The summed E-state index contributed by atoms with van der Waals surface area (Å²) in [5.74, 6) is 0.126. The molecule has 5 N–H and O–H groups in total. The first-order chi connectivity index (χ1) is 11.0. The van der Waals surface area contributed by atoms with E-state index >= 15 is 0 Å². The number of nitriles is 1. The minimum Gasteiger partial charge on any atom is -0.387 e. The van der Waals surface area contributed by atoms with Gasteiger partial charge in [0.15, 0.2) is 6.23 Å². The van der Waals surface area contributed by atoms with Crippen molar-refractivity contribution in [3.05, 3.63) is 30.7 Å². The van der Waals surface area contributed by atoms with Crippen LogP contribution in [0.2, 0.25) is 0 Å². The zero-order valence-electron chi connectivity index (χ0n) is 11.9. The lowest BCUT2D eigenvalue weighted by molar-refractivity contribution is -0.0695. The lowest BCUT2D eigenvalue weighted by Gasteiger charge is -2.18. The summed E-state index contributed by atoms with van der Waals surface area (Å²) in [6.07, 6.45) is -2.04. The molecule has 1 unspecified atom stereocenters. The topological polar surface area (TPSA) is 150 Å². The number of ether oxygens (including phenoxy) is 1. The third-order valence-corrected chi connectivity index (χ3v) is 3.89. The number of hydrogen-bond acceptors (Lipinski definition) is 8. The van der Waals surface area contributed by atoms with Crippen LogP contribution in [0.25, 0.3) is 11.0 Å². The standard InChI is InChI=1S/C14H15N5O4/c1-2-7(20)11-9(21)10(22)14(23-11)19-4-6(3-15)8-12(16)17-5-18-13(8)19/h2,4-5,7,9-11,14,20-22H,1H2,(H2,16,17,18)/t7?,9-,10+,11+,14+/m0/s1. The van der Waals surface area contributed by atoms with Crippen LogP contribution in [0.5, 0.6) is 0 Å². The molecule has 1 fully saturated rings. The average molecular weight is 317 g/mol. The van der Waals surface area contributed by atoms with Gasteiger partial charge in [-0.2, -0.15) is 5.26 Å². The van der Waals surface area contributed by atoms with E-state index in [1.165, 1.54) is 23.2 Å². The molecule has 0 bridgehead atoms. The molecule has 0 aromatic carbocycles. The highest BCUT2D eigenvalue weighted by atomic mass is 16.6. The minimum absolute atomic E-state index is 0.126. The minimum atomic E-state index is -1.33. The summed E-state index contributed by atoms with van der Waals surface area (Å²) in [5.41, 5.74) is 6.29. The normalized spacial score (nSPS) is 28.6. The van der Waals surface area contributed by atoms with E-state index in [0.29, 0.717) is 11.0 Å². The molecule has 3 rings (SSSR count). The molecule has 0 aliphatic carbocycles. The maximum atomic E-state index is 10.2. The Balaban J connectivity index is 2.09. The van der Waals surface area contributed by atoms with Gasteiger partial charge in [0.1, 0.15) is 48.3 Å². The largest absolute Gasteiger partial charge is 0.387 e. The third kappa shape index (κ3) is 2.25. The van der Waals surface area contributed by atoms with Gasteiger partial charge in [-0.1, -0.05) is 6.08 Å². The van der Waals surface area contributed by atoms with Gasteiger partial charge in [0.25, 0.3) is 0 Å². The van der Waals surface area contributed by atoms with Crippen molar-refractivity contribution in [3.63, 3.8) is 0 Å². The second kappa shape index (κ2) is 5.60. The van der Waals surface area contributed by atoms with Crippen LogP contribution < -0.4 is 5.73 Å². The van der Waals surface area contributed by atoms with Crippen molar-refractivity contribution in [2.45, 2.75) is 30.6 Å². The van der Waals surface area contributed by atoms with Gasteiger partial charge in [0.05, 0.1) is 10.9 Å². The summed E-state index contributed by atoms with van der Waals surface area (Å²) in [7, 11) is 0. The van der Waals surface area contributed by atoms with Crippen molar-refractivity contribution in [2.24, 2.45) is 0 Å². The van der Waals surface area contributed by atoms with E-state index in [-0.39, 0.29) is 11.4 Å². The second-order valence-electron chi connectivity index (χ2n) is 5.22. The van der Waals surface area contributed by atoms with Crippen molar-refractivity contribution in [1.82, 2.24) is 14.5 Å². The van der Waals surface area contributed by atoms with Crippen LogP contribution in [-0.4, -0.2) is 54.3 Å². The van der Waals surface area contributed by atoms with Crippen LogP contribution in [0.1, 0.15) is 11.8 Å². The summed E-state index contributed by atoms with van der Waals surface area (Å²) in [5, 5.41) is 39.7. The Morgan fingerprint density at radius 2 is 2.17 bits per heavy atom. The highest BCUT2D eigenvalue weighted by Gasteiger charge is 2.46. The molecular formula is C14H15N5O4. The Kier molecular flexibility index (Phi) is 3.75. The van der Waals surface area contributed by atoms with E-state index in [1.54, 1.807) is 0 Å². The van der Waals surface area contributed by atoms with Crippen LogP contribution in [0.4, 0.5) is 5.82 Å². The molecule has 120 valence electrons. The molecule has 2 aromatic rings.